The number of hydrogen-bond acceptors (Lipinski definition) is 6. The highest BCUT2D eigenvalue weighted by molar-refractivity contribution is 5.77. The second kappa shape index (κ2) is 5.92. The lowest BCUT2D eigenvalue weighted by molar-refractivity contribution is -0.385. The molecule has 1 aromatic heterocycles. The molecular weight excluding hydrogens is 242 g/mol. The predicted molar refractivity (Wildman–Crippen MR) is 62.6 cm³/mol. The van der Waals surface area contributed by atoms with Gasteiger partial charge < -0.3 is 15.2 Å². The minimum Gasteiger partial charge on any atom is -0.480 e. The number of aromatic nitrogens is 1. The second-order valence-corrected chi connectivity index (χ2v) is 3.61. The summed E-state index contributed by atoms with van der Waals surface area (Å²) in [6.45, 7) is 1.57. The summed E-state index contributed by atoms with van der Waals surface area (Å²) in [6, 6.07) is 0.365. The largest absolute Gasteiger partial charge is 0.480 e. The molecule has 0 aliphatic carbocycles. The van der Waals surface area contributed by atoms with Crippen LogP contribution in [0.25, 0.3) is 0 Å². The van der Waals surface area contributed by atoms with E-state index in [0.29, 0.717) is 5.56 Å². The van der Waals surface area contributed by atoms with Gasteiger partial charge in [-0.15, -0.1) is 0 Å². The number of nitro groups is 1. The smallest absolute Gasteiger partial charge is 0.328 e. The van der Waals surface area contributed by atoms with Crippen LogP contribution in [0, 0.1) is 17.0 Å². The van der Waals surface area contributed by atoms with Gasteiger partial charge in [0.05, 0.1) is 11.5 Å². The summed E-state index contributed by atoms with van der Waals surface area (Å²) in [5, 5.41) is 22.1. The number of nitrogens with zero attached hydrogens (tertiary/aromatic N) is 2. The first-order valence-corrected chi connectivity index (χ1v) is 5.05. The molecule has 1 atom stereocenters. The van der Waals surface area contributed by atoms with Gasteiger partial charge in [0.15, 0.2) is 0 Å². The van der Waals surface area contributed by atoms with Crippen molar-refractivity contribution in [3.63, 3.8) is 0 Å². The predicted octanol–water partition coefficient (Wildman–Crippen LogP) is 0.810. The average Bonchev–Trinajstić information content (AvgIpc) is 2.30. The van der Waals surface area contributed by atoms with Gasteiger partial charge in [0, 0.05) is 13.2 Å². The first kappa shape index (κ1) is 13.8. The molecule has 0 fully saturated rings. The maximum atomic E-state index is 10.9. The van der Waals surface area contributed by atoms with Gasteiger partial charge in [-0.2, -0.15) is 0 Å². The standard InChI is InChI=1S/C10H13N3O5/c1-6-3-7(13(16)17)4-11-9(6)12-8(5-18-2)10(14)15/h3-4,8H,5H2,1-2H3,(H,11,12)(H,14,15). The highest BCUT2D eigenvalue weighted by Gasteiger charge is 2.19. The average molecular weight is 255 g/mol. The first-order valence-electron chi connectivity index (χ1n) is 5.05. The number of methoxy groups -OCH3 is 1. The van der Waals surface area contributed by atoms with Crippen molar-refractivity contribution in [1.82, 2.24) is 4.98 Å². The molecule has 0 bridgehead atoms. The fraction of sp³-hybridized carbons (Fsp3) is 0.400. The summed E-state index contributed by atoms with van der Waals surface area (Å²) in [5.41, 5.74) is 0.350. The lowest BCUT2D eigenvalue weighted by Crippen LogP contribution is -2.34. The van der Waals surface area contributed by atoms with E-state index in [1.54, 1.807) is 6.92 Å². The Bertz CT molecular complexity index is 463. The van der Waals surface area contributed by atoms with Gasteiger partial charge in [0.2, 0.25) is 0 Å². The van der Waals surface area contributed by atoms with E-state index in [2.05, 4.69) is 10.3 Å². The second-order valence-electron chi connectivity index (χ2n) is 3.61. The van der Waals surface area contributed by atoms with E-state index < -0.39 is 16.9 Å². The Balaban J connectivity index is 2.90. The molecule has 0 spiro atoms. The van der Waals surface area contributed by atoms with Gasteiger partial charge >= 0.3 is 5.97 Å². The third-order valence-corrected chi connectivity index (χ3v) is 2.22. The van der Waals surface area contributed by atoms with Crippen molar-refractivity contribution in [2.75, 3.05) is 19.0 Å². The number of hydrogen-bond donors (Lipinski definition) is 2. The number of carbonyl (C=O) groups is 1. The van der Waals surface area contributed by atoms with E-state index in [4.69, 9.17) is 9.84 Å². The topological polar surface area (TPSA) is 115 Å². The Labute approximate surface area is 103 Å². The van der Waals surface area contributed by atoms with Crippen LogP contribution < -0.4 is 5.32 Å². The number of carboxylic acid groups (broad SMARTS) is 1. The zero-order valence-corrected chi connectivity index (χ0v) is 9.91. The van der Waals surface area contributed by atoms with Gasteiger partial charge in [0.1, 0.15) is 18.1 Å². The highest BCUT2D eigenvalue weighted by atomic mass is 16.6. The molecule has 0 amide bonds. The van der Waals surface area contributed by atoms with Gasteiger partial charge in [-0.3, -0.25) is 10.1 Å². The number of aryl methyl sites for hydroxylation is 1. The van der Waals surface area contributed by atoms with Crippen molar-refractivity contribution < 1.29 is 19.6 Å². The Morgan fingerprint density at radius 3 is 2.83 bits per heavy atom. The zero-order chi connectivity index (χ0) is 13.7. The van der Waals surface area contributed by atoms with Crippen molar-refractivity contribution in [2.45, 2.75) is 13.0 Å². The summed E-state index contributed by atoms with van der Waals surface area (Å²) in [5.74, 6) is -0.804. The minimum atomic E-state index is -1.09. The number of pyridine rings is 1. The molecular formula is C10H13N3O5. The van der Waals surface area contributed by atoms with E-state index in [1.807, 2.05) is 0 Å². The molecule has 1 unspecified atom stereocenters. The molecule has 8 nitrogen and oxygen atoms in total. The number of anilines is 1. The summed E-state index contributed by atoms with van der Waals surface area (Å²) < 4.78 is 4.76. The third-order valence-electron chi connectivity index (χ3n) is 2.22. The van der Waals surface area contributed by atoms with Gasteiger partial charge in [0.25, 0.3) is 5.69 Å². The van der Waals surface area contributed by atoms with E-state index in [1.165, 1.54) is 13.2 Å². The van der Waals surface area contributed by atoms with Crippen molar-refractivity contribution in [2.24, 2.45) is 0 Å². The summed E-state index contributed by atoms with van der Waals surface area (Å²) in [4.78, 5) is 24.7. The minimum absolute atomic E-state index is 0.0343. The fourth-order valence-electron chi connectivity index (χ4n) is 1.32. The maximum Gasteiger partial charge on any atom is 0.328 e. The molecule has 1 heterocycles. The summed E-state index contributed by atoms with van der Waals surface area (Å²) >= 11 is 0. The molecule has 2 N–H and O–H groups in total. The van der Waals surface area contributed by atoms with Gasteiger partial charge in [-0.1, -0.05) is 0 Å². The Morgan fingerprint density at radius 1 is 1.72 bits per heavy atom. The van der Waals surface area contributed by atoms with Crippen LogP contribution in [0.1, 0.15) is 5.56 Å². The molecule has 8 heteroatoms. The van der Waals surface area contributed by atoms with Crippen LogP contribution in [-0.4, -0.2) is 40.7 Å². The molecule has 1 aromatic rings. The van der Waals surface area contributed by atoms with Crippen LogP contribution in [0.4, 0.5) is 11.5 Å². The van der Waals surface area contributed by atoms with Crippen molar-refractivity contribution >= 4 is 17.5 Å². The molecule has 0 saturated carbocycles. The number of rotatable bonds is 6. The Hall–Kier alpha value is -2.22. The zero-order valence-electron chi connectivity index (χ0n) is 9.91. The SMILES string of the molecule is COCC(Nc1ncc([N+](=O)[O-])cc1C)C(=O)O. The normalized spacial score (nSPS) is 11.9. The van der Waals surface area contributed by atoms with Gasteiger partial charge in [-0.05, 0) is 12.5 Å². The molecule has 0 aliphatic rings. The molecule has 98 valence electrons. The quantitative estimate of drug-likeness (QED) is 0.570. The monoisotopic (exact) mass is 255 g/mol. The van der Waals surface area contributed by atoms with Crippen molar-refractivity contribution in [3.05, 3.63) is 27.9 Å². The fourth-order valence-corrected chi connectivity index (χ4v) is 1.32. The number of aliphatic carboxylic acids is 1. The molecule has 0 radical (unpaired) electrons. The van der Waals surface area contributed by atoms with Crippen LogP contribution in [0.15, 0.2) is 12.3 Å². The number of carboxylic acids is 1. The number of nitrogens with one attached hydrogen (secondary N) is 1. The van der Waals surface area contributed by atoms with Crippen LogP contribution in [0.3, 0.4) is 0 Å². The van der Waals surface area contributed by atoms with E-state index in [0.717, 1.165) is 6.20 Å². The summed E-state index contributed by atoms with van der Waals surface area (Å²) in [7, 11) is 1.38. The summed E-state index contributed by atoms with van der Waals surface area (Å²) in [6.07, 6.45) is 1.07. The van der Waals surface area contributed by atoms with Gasteiger partial charge in [-0.25, -0.2) is 9.78 Å². The molecule has 0 aliphatic heterocycles. The molecule has 18 heavy (non-hydrogen) atoms. The molecule has 0 saturated heterocycles. The lowest BCUT2D eigenvalue weighted by atomic mass is 10.2. The van der Waals surface area contributed by atoms with E-state index in [-0.39, 0.29) is 18.1 Å². The van der Waals surface area contributed by atoms with Crippen LogP contribution in [0.5, 0.6) is 0 Å². The lowest BCUT2D eigenvalue weighted by Gasteiger charge is -2.15. The molecule has 1 rings (SSSR count). The Kier molecular flexibility index (Phi) is 4.55. The van der Waals surface area contributed by atoms with Crippen molar-refractivity contribution in [3.8, 4) is 0 Å². The highest BCUT2D eigenvalue weighted by Crippen LogP contribution is 2.18. The van der Waals surface area contributed by atoms with Crippen LogP contribution in [0.2, 0.25) is 0 Å². The van der Waals surface area contributed by atoms with Crippen molar-refractivity contribution in [1.29, 1.82) is 0 Å². The Morgan fingerprint density at radius 2 is 2.39 bits per heavy atom. The van der Waals surface area contributed by atoms with E-state index in [9.17, 15) is 14.9 Å². The third kappa shape index (κ3) is 3.39. The van der Waals surface area contributed by atoms with Crippen LogP contribution >= 0.6 is 0 Å². The maximum absolute atomic E-state index is 10.9. The first-order chi connectivity index (χ1) is 8.45. The number of ether oxygens (including phenoxy) is 1. The molecule has 0 aromatic carbocycles. The van der Waals surface area contributed by atoms with E-state index >= 15 is 0 Å². The van der Waals surface area contributed by atoms with Crippen LogP contribution in [-0.2, 0) is 9.53 Å².